The minimum Gasteiger partial charge on any atom is -0.341 e. The zero-order valence-corrected chi connectivity index (χ0v) is 19.2. The molecule has 0 aliphatic carbocycles. The van der Waals surface area contributed by atoms with Crippen LogP contribution < -0.4 is 0 Å². The first kappa shape index (κ1) is 21.9. The summed E-state index contributed by atoms with van der Waals surface area (Å²) in [7, 11) is 0. The van der Waals surface area contributed by atoms with Crippen LogP contribution in [0.2, 0.25) is 0 Å². The van der Waals surface area contributed by atoms with Crippen LogP contribution in [0, 0.1) is 5.82 Å². The van der Waals surface area contributed by atoms with Crippen LogP contribution >= 0.6 is 0 Å². The van der Waals surface area contributed by atoms with Gasteiger partial charge in [-0.25, -0.2) is 4.39 Å². The standard InChI is InChI=1S/C30H27FN2O/c1-2-33-28-11-7-6-10-26(28)27-20-23(12-17-29(27)33)21-32(19-18-22-8-4-3-5-9-22)30(34)24-13-15-25(31)16-14-24/h3-17,20H,2,18-19,21H2,1H3. The maximum absolute atomic E-state index is 13.4. The van der Waals surface area contributed by atoms with Gasteiger partial charge in [0.15, 0.2) is 0 Å². The van der Waals surface area contributed by atoms with E-state index >= 15 is 0 Å². The smallest absolute Gasteiger partial charge is 0.254 e. The second-order valence-corrected chi connectivity index (χ2v) is 8.58. The molecule has 0 fully saturated rings. The molecule has 34 heavy (non-hydrogen) atoms. The van der Waals surface area contributed by atoms with Crippen molar-refractivity contribution in [2.45, 2.75) is 26.4 Å². The summed E-state index contributed by atoms with van der Waals surface area (Å²) in [6.45, 7) is 4.13. The zero-order chi connectivity index (χ0) is 23.5. The lowest BCUT2D eigenvalue weighted by molar-refractivity contribution is 0.0745. The molecule has 0 saturated carbocycles. The predicted molar refractivity (Wildman–Crippen MR) is 136 cm³/mol. The van der Waals surface area contributed by atoms with Crippen molar-refractivity contribution in [2.24, 2.45) is 0 Å². The van der Waals surface area contributed by atoms with E-state index in [9.17, 15) is 9.18 Å². The Morgan fingerprint density at radius 3 is 2.26 bits per heavy atom. The number of benzene rings is 4. The topological polar surface area (TPSA) is 25.2 Å². The van der Waals surface area contributed by atoms with Gasteiger partial charge in [0.2, 0.25) is 0 Å². The molecule has 0 N–H and O–H groups in total. The summed E-state index contributed by atoms with van der Waals surface area (Å²) >= 11 is 0. The summed E-state index contributed by atoms with van der Waals surface area (Å²) in [6.07, 6.45) is 0.755. The van der Waals surface area contributed by atoms with Gasteiger partial charge < -0.3 is 9.47 Å². The van der Waals surface area contributed by atoms with Crippen molar-refractivity contribution in [3.05, 3.63) is 120 Å². The predicted octanol–water partition coefficient (Wildman–Crippen LogP) is 6.84. The molecule has 170 valence electrons. The fraction of sp³-hybridized carbons (Fsp3) is 0.167. The Bertz CT molecular complexity index is 1440. The Morgan fingerprint density at radius 1 is 0.794 bits per heavy atom. The summed E-state index contributed by atoms with van der Waals surface area (Å²) in [5.41, 5.74) is 5.18. The van der Waals surface area contributed by atoms with Gasteiger partial charge in [-0.05, 0) is 66.9 Å². The Hall–Kier alpha value is -3.92. The average molecular weight is 451 g/mol. The molecule has 0 saturated heterocycles. The molecule has 0 radical (unpaired) electrons. The highest BCUT2D eigenvalue weighted by Gasteiger charge is 2.18. The van der Waals surface area contributed by atoms with Crippen molar-refractivity contribution in [3.63, 3.8) is 0 Å². The third-order valence-corrected chi connectivity index (χ3v) is 6.42. The number of carbonyl (C=O) groups excluding carboxylic acids is 1. The summed E-state index contributed by atoms with van der Waals surface area (Å²) in [5, 5.41) is 2.43. The lowest BCUT2D eigenvalue weighted by atomic mass is 10.1. The number of carbonyl (C=O) groups is 1. The number of aromatic nitrogens is 1. The fourth-order valence-electron chi connectivity index (χ4n) is 4.70. The molecule has 4 aromatic carbocycles. The SMILES string of the molecule is CCn1c2ccccc2c2cc(CN(CCc3ccccc3)C(=O)c3ccc(F)cc3)ccc21. The number of hydrogen-bond donors (Lipinski definition) is 0. The van der Waals surface area contributed by atoms with E-state index < -0.39 is 0 Å². The van der Waals surface area contributed by atoms with Crippen molar-refractivity contribution < 1.29 is 9.18 Å². The summed E-state index contributed by atoms with van der Waals surface area (Å²) in [4.78, 5) is 15.3. The van der Waals surface area contributed by atoms with Crippen LogP contribution in [0.25, 0.3) is 21.8 Å². The van der Waals surface area contributed by atoms with Crippen molar-refractivity contribution in [1.82, 2.24) is 9.47 Å². The van der Waals surface area contributed by atoms with E-state index in [0.717, 1.165) is 18.5 Å². The van der Waals surface area contributed by atoms with Crippen molar-refractivity contribution in [1.29, 1.82) is 0 Å². The summed E-state index contributed by atoms with van der Waals surface area (Å²) < 4.78 is 15.8. The van der Waals surface area contributed by atoms with Crippen molar-refractivity contribution in [2.75, 3.05) is 6.54 Å². The second kappa shape index (κ2) is 9.52. The highest BCUT2D eigenvalue weighted by Crippen LogP contribution is 2.30. The van der Waals surface area contributed by atoms with Crippen LogP contribution in [0.1, 0.15) is 28.4 Å². The van der Waals surface area contributed by atoms with Gasteiger partial charge in [0.05, 0.1) is 0 Å². The first-order valence-electron chi connectivity index (χ1n) is 11.7. The number of nitrogens with zero attached hydrogens (tertiary/aromatic N) is 2. The van der Waals surface area contributed by atoms with Gasteiger partial charge >= 0.3 is 0 Å². The van der Waals surface area contributed by atoms with Crippen molar-refractivity contribution >= 4 is 27.7 Å². The van der Waals surface area contributed by atoms with E-state index in [4.69, 9.17) is 0 Å². The molecular formula is C30H27FN2O. The van der Waals surface area contributed by atoms with E-state index in [1.165, 1.54) is 39.5 Å². The first-order valence-corrected chi connectivity index (χ1v) is 11.7. The number of hydrogen-bond acceptors (Lipinski definition) is 1. The molecule has 0 aliphatic heterocycles. The van der Waals surface area contributed by atoms with Gasteiger partial charge in [0.25, 0.3) is 5.91 Å². The van der Waals surface area contributed by atoms with Gasteiger partial charge in [0.1, 0.15) is 5.82 Å². The Balaban J connectivity index is 1.48. The first-order chi connectivity index (χ1) is 16.6. The maximum Gasteiger partial charge on any atom is 0.254 e. The van der Waals surface area contributed by atoms with E-state index in [0.29, 0.717) is 18.7 Å². The third-order valence-electron chi connectivity index (χ3n) is 6.42. The summed E-state index contributed by atoms with van der Waals surface area (Å²) in [5.74, 6) is -0.433. The van der Waals surface area contributed by atoms with Crippen LogP contribution in [0.4, 0.5) is 4.39 Å². The third kappa shape index (κ3) is 4.32. The van der Waals surface area contributed by atoms with Gasteiger partial charge in [-0.3, -0.25) is 4.79 Å². The number of rotatable bonds is 7. The lowest BCUT2D eigenvalue weighted by Gasteiger charge is -2.23. The molecule has 0 bridgehead atoms. The highest BCUT2D eigenvalue weighted by molar-refractivity contribution is 6.08. The van der Waals surface area contributed by atoms with Gasteiger partial charge in [0, 0.05) is 47.0 Å². The number of amides is 1. The van der Waals surface area contributed by atoms with Gasteiger partial charge in [-0.1, -0.05) is 54.6 Å². The molecule has 1 amide bonds. The zero-order valence-electron chi connectivity index (χ0n) is 19.2. The summed E-state index contributed by atoms with van der Waals surface area (Å²) in [6, 6.07) is 30.9. The molecule has 0 aliphatic rings. The molecule has 1 aromatic heterocycles. The Labute approximate surface area is 199 Å². The van der Waals surface area contributed by atoms with Crippen LogP contribution in [0.15, 0.2) is 97.1 Å². The number of para-hydroxylation sites is 1. The van der Waals surface area contributed by atoms with E-state index in [2.05, 4.69) is 66.1 Å². The van der Waals surface area contributed by atoms with Gasteiger partial charge in [-0.15, -0.1) is 0 Å². The number of halogens is 1. The molecule has 5 aromatic rings. The van der Waals surface area contributed by atoms with Crippen LogP contribution in [0.5, 0.6) is 0 Å². The second-order valence-electron chi connectivity index (χ2n) is 8.58. The maximum atomic E-state index is 13.4. The quantitative estimate of drug-likeness (QED) is 0.267. The van der Waals surface area contributed by atoms with Crippen LogP contribution in [-0.4, -0.2) is 21.9 Å². The average Bonchev–Trinajstić information content (AvgIpc) is 3.20. The lowest BCUT2D eigenvalue weighted by Crippen LogP contribution is -2.32. The van der Waals surface area contributed by atoms with E-state index in [-0.39, 0.29) is 11.7 Å². The molecule has 1 heterocycles. The van der Waals surface area contributed by atoms with Crippen LogP contribution in [-0.2, 0) is 19.5 Å². The number of aryl methyl sites for hydroxylation is 1. The Morgan fingerprint density at radius 2 is 1.50 bits per heavy atom. The largest absolute Gasteiger partial charge is 0.341 e. The molecule has 0 unspecified atom stereocenters. The minimum absolute atomic E-state index is 0.0907. The highest BCUT2D eigenvalue weighted by atomic mass is 19.1. The van der Waals surface area contributed by atoms with Gasteiger partial charge in [-0.2, -0.15) is 0 Å². The Kier molecular flexibility index (Phi) is 6.13. The van der Waals surface area contributed by atoms with E-state index in [1.54, 1.807) is 12.1 Å². The molecule has 3 nitrogen and oxygen atoms in total. The molecule has 5 rings (SSSR count). The number of fused-ring (bicyclic) bond motifs is 3. The normalized spacial score (nSPS) is 11.2. The minimum atomic E-state index is -0.342. The molecule has 4 heteroatoms. The van der Waals surface area contributed by atoms with Crippen molar-refractivity contribution in [3.8, 4) is 0 Å². The monoisotopic (exact) mass is 450 g/mol. The molecule has 0 spiro atoms. The van der Waals surface area contributed by atoms with Crippen LogP contribution in [0.3, 0.4) is 0 Å². The fourth-order valence-corrected chi connectivity index (χ4v) is 4.70. The molecular weight excluding hydrogens is 423 g/mol. The van der Waals surface area contributed by atoms with E-state index in [1.807, 2.05) is 23.1 Å². The molecule has 0 atom stereocenters.